The summed E-state index contributed by atoms with van der Waals surface area (Å²) < 4.78 is 10.2. The van der Waals surface area contributed by atoms with E-state index >= 15 is 0 Å². The van der Waals surface area contributed by atoms with E-state index in [0.29, 0.717) is 18.7 Å². The lowest BCUT2D eigenvalue weighted by Gasteiger charge is -2.25. The van der Waals surface area contributed by atoms with E-state index in [1.165, 1.54) is 18.1 Å². The lowest BCUT2D eigenvalue weighted by molar-refractivity contribution is -0.385. The van der Waals surface area contributed by atoms with Crippen LogP contribution in [-0.4, -0.2) is 54.6 Å². The van der Waals surface area contributed by atoms with Crippen molar-refractivity contribution < 1.29 is 24.0 Å². The Morgan fingerprint density at radius 3 is 2.80 bits per heavy atom. The minimum absolute atomic E-state index is 0.0626. The summed E-state index contributed by atoms with van der Waals surface area (Å²) in [6.45, 7) is 1.23. The molecule has 1 aromatic rings. The van der Waals surface area contributed by atoms with E-state index in [0.717, 1.165) is 12.8 Å². The van der Waals surface area contributed by atoms with Crippen molar-refractivity contribution in [1.29, 1.82) is 0 Å². The van der Waals surface area contributed by atoms with E-state index in [9.17, 15) is 19.7 Å². The molecule has 1 atom stereocenters. The maximum Gasteiger partial charge on any atom is 0.307 e. The minimum atomic E-state index is -0.499. The van der Waals surface area contributed by atoms with Crippen molar-refractivity contribution >= 4 is 17.6 Å². The van der Waals surface area contributed by atoms with Gasteiger partial charge in [-0.05, 0) is 12.8 Å². The van der Waals surface area contributed by atoms with Gasteiger partial charge in [0.15, 0.2) is 0 Å². The van der Waals surface area contributed by atoms with Gasteiger partial charge in [-0.2, -0.15) is 0 Å². The molecule has 0 radical (unpaired) electrons. The van der Waals surface area contributed by atoms with E-state index in [-0.39, 0.29) is 37.1 Å². The molecule has 8 heteroatoms. The summed E-state index contributed by atoms with van der Waals surface area (Å²) in [5, 5.41) is 11.1. The van der Waals surface area contributed by atoms with Crippen LogP contribution in [0.25, 0.3) is 0 Å². The second-order valence-electron chi connectivity index (χ2n) is 5.86. The number of esters is 1. The molecule has 8 nitrogen and oxygen atoms in total. The number of hydrogen-bond acceptors (Lipinski definition) is 6. The summed E-state index contributed by atoms with van der Waals surface area (Å²) >= 11 is 0. The fourth-order valence-corrected chi connectivity index (χ4v) is 2.79. The Kier molecular flexibility index (Phi) is 6.88. The van der Waals surface area contributed by atoms with Crippen molar-refractivity contribution in [3.05, 3.63) is 39.9 Å². The molecule has 1 fully saturated rings. The number of para-hydroxylation sites is 1. The van der Waals surface area contributed by atoms with Crippen LogP contribution >= 0.6 is 0 Å². The maximum atomic E-state index is 12.7. The SMILES string of the molecule is COC(=O)CCN(CC1CCCO1)C(=O)Cc1ccccc1[N+](=O)[O-]. The first-order valence-corrected chi connectivity index (χ1v) is 8.19. The minimum Gasteiger partial charge on any atom is -0.469 e. The molecule has 1 amide bonds. The Morgan fingerprint density at radius 2 is 2.16 bits per heavy atom. The average molecular weight is 350 g/mol. The van der Waals surface area contributed by atoms with Gasteiger partial charge in [0.05, 0.1) is 31.0 Å². The molecular weight excluding hydrogens is 328 g/mol. The molecule has 1 saturated heterocycles. The number of ether oxygens (including phenoxy) is 2. The van der Waals surface area contributed by atoms with E-state index < -0.39 is 10.9 Å². The number of hydrogen-bond donors (Lipinski definition) is 0. The normalized spacial score (nSPS) is 16.4. The summed E-state index contributed by atoms with van der Waals surface area (Å²) in [6.07, 6.45) is 1.71. The van der Waals surface area contributed by atoms with Gasteiger partial charge < -0.3 is 14.4 Å². The summed E-state index contributed by atoms with van der Waals surface area (Å²) in [6, 6.07) is 6.17. The molecule has 1 unspecified atom stereocenters. The number of rotatable bonds is 8. The van der Waals surface area contributed by atoms with Gasteiger partial charge in [-0.15, -0.1) is 0 Å². The molecule has 0 bridgehead atoms. The van der Waals surface area contributed by atoms with Crippen molar-refractivity contribution in [1.82, 2.24) is 4.90 Å². The fraction of sp³-hybridized carbons (Fsp3) is 0.529. The molecule has 0 spiro atoms. The van der Waals surface area contributed by atoms with Crippen LogP contribution in [0.2, 0.25) is 0 Å². The van der Waals surface area contributed by atoms with Crippen LogP contribution < -0.4 is 0 Å². The quantitative estimate of drug-likeness (QED) is 0.402. The number of amides is 1. The Hall–Kier alpha value is -2.48. The molecule has 0 saturated carbocycles. The molecule has 1 aromatic carbocycles. The van der Waals surface area contributed by atoms with Crippen LogP contribution in [0.15, 0.2) is 24.3 Å². The first kappa shape index (κ1) is 18.9. The number of benzene rings is 1. The highest BCUT2D eigenvalue weighted by atomic mass is 16.6. The third kappa shape index (κ3) is 5.53. The van der Waals surface area contributed by atoms with E-state index in [1.807, 2.05) is 0 Å². The van der Waals surface area contributed by atoms with Gasteiger partial charge in [-0.25, -0.2) is 0 Å². The Morgan fingerprint density at radius 1 is 1.40 bits per heavy atom. The highest BCUT2D eigenvalue weighted by Crippen LogP contribution is 2.20. The summed E-state index contributed by atoms with van der Waals surface area (Å²) in [7, 11) is 1.29. The first-order valence-electron chi connectivity index (χ1n) is 8.19. The Balaban J connectivity index is 2.07. The molecule has 0 N–H and O–H groups in total. The van der Waals surface area contributed by atoms with Gasteiger partial charge in [0.1, 0.15) is 0 Å². The molecule has 1 aliphatic rings. The van der Waals surface area contributed by atoms with E-state index in [4.69, 9.17) is 4.74 Å². The topological polar surface area (TPSA) is 99.0 Å². The van der Waals surface area contributed by atoms with Crippen molar-refractivity contribution in [3.8, 4) is 0 Å². The van der Waals surface area contributed by atoms with Crippen molar-refractivity contribution in [3.63, 3.8) is 0 Å². The van der Waals surface area contributed by atoms with Crippen LogP contribution in [0.5, 0.6) is 0 Å². The zero-order chi connectivity index (χ0) is 18.2. The molecule has 1 heterocycles. The Labute approximate surface area is 145 Å². The number of carbonyl (C=O) groups is 2. The largest absolute Gasteiger partial charge is 0.469 e. The van der Waals surface area contributed by atoms with Gasteiger partial charge in [-0.3, -0.25) is 19.7 Å². The van der Waals surface area contributed by atoms with Crippen molar-refractivity contribution in [2.45, 2.75) is 31.8 Å². The van der Waals surface area contributed by atoms with Gasteiger partial charge in [0.25, 0.3) is 5.69 Å². The molecule has 2 rings (SSSR count). The third-order valence-electron chi connectivity index (χ3n) is 4.14. The smallest absolute Gasteiger partial charge is 0.307 e. The summed E-state index contributed by atoms with van der Waals surface area (Å²) in [4.78, 5) is 36.2. The predicted octanol–water partition coefficient (Wildman–Crippen LogP) is 1.71. The average Bonchev–Trinajstić information content (AvgIpc) is 3.11. The Bertz CT molecular complexity index is 627. The summed E-state index contributed by atoms with van der Waals surface area (Å²) in [5.41, 5.74) is 0.272. The number of nitrogens with zero attached hydrogens (tertiary/aromatic N) is 2. The van der Waals surface area contributed by atoms with Crippen molar-refractivity contribution in [2.24, 2.45) is 0 Å². The monoisotopic (exact) mass is 350 g/mol. The number of carbonyl (C=O) groups excluding carboxylic acids is 2. The van der Waals surface area contributed by atoms with E-state index in [1.54, 1.807) is 18.2 Å². The van der Waals surface area contributed by atoms with Crippen molar-refractivity contribution in [2.75, 3.05) is 26.8 Å². The standard InChI is InChI=1S/C17H22N2O6/c1-24-17(21)8-9-18(12-14-6-4-10-25-14)16(20)11-13-5-2-3-7-15(13)19(22)23/h2-3,5,7,14H,4,6,8-12H2,1H3. The second-order valence-corrected chi connectivity index (χ2v) is 5.86. The molecule has 0 aliphatic carbocycles. The highest BCUT2D eigenvalue weighted by Gasteiger charge is 2.25. The second kappa shape index (κ2) is 9.12. The maximum absolute atomic E-state index is 12.7. The van der Waals surface area contributed by atoms with Gasteiger partial charge in [-0.1, -0.05) is 18.2 Å². The highest BCUT2D eigenvalue weighted by molar-refractivity contribution is 5.80. The molecule has 136 valence electrons. The van der Waals surface area contributed by atoms with Crippen LogP contribution in [0.4, 0.5) is 5.69 Å². The van der Waals surface area contributed by atoms with E-state index in [2.05, 4.69) is 4.74 Å². The number of nitro groups is 1. The lowest BCUT2D eigenvalue weighted by atomic mass is 10.1. The van der Waals surface area contributed by atoms with Gasteiger partial charge in [0, 0.05) is 31.3 Å². The molecule has 1 aliphatic heterocycles. The van der Waals surface area contributed by atoms with Crippen LogP contribution in [-0.2, 0) is 25.5 Å². The zero-order valence-electron chi connectivity index (χ0n) is 14.2. The van der Waals surface area contributed by atoms with Gasteiger partial charge in [0.2, 0.25) is 5.91 Å². The van der Waals surface area contributed by atoms with Crippen LogP contribution in [0, 0.1) is 10.1 Å². The third-order valence-corrected chi connectivity index (χ3v) is 4.14. The number of nitro benzene ring substituents is 1. The predicted molar refractivity (Wildman–Crippen MR) is 89.0 cm³/mol. The lowest BCUT2D eigenvalue weighted by Crippen LogP contribution is -2.39. The number of methoxy groups -OCH3 is 1. The molecule has 25 heavy (non-hydrogen) atoms. The van der Waals surface area contributed by atoms with Crippen LogP contribution in [0.3, 0.4) is 0 Å². The zero-order valence-corrected chi connectivity index (χ0v) is 14.2. The molecule has 0 aromatic heterocycles. The first-order chi connectivity index (χ1) is 12.0. The van der Waals surface area contributed by atoms with Crippen LogP contribution in [0.1, 0.15) is 24.8 Å². The molecular formula is C17H22N2O6. The van der Waals surface area contributed by atoms with Gasteiger partial charge >= 0.3 is 5.97 Å². The summed E-state index contributed by atoms with van der Waals surface area (Å²) in [5.74, 6) is -0.676. The fourth-order valence-electron chi connectivity index (χ4n) is 2.79.